The molecule has 5 heteroatoms. The summed E-state index contributed by atoms with van der Waals surface area (Å²) in [4.78, 5) is 14.3. The molecular formula is H3LaO3P. The first kappa shape index (κ1) is 9.60. The summed E-state index contributed by atoms with van der Waals surface area (Å²) in [6.45, 7) is 0. The zero-order valence-electron chi connectivity index (χ0n) is 2.38. The first-order valence-electron chi connectivity index (χ1n) is 0.651. The van der Waals surface area contributed by atoms with E-state index in [1.165, 1.54) is 0 Å². The van der Waals surface area contributed by atoms with Gasteiger partial charge in [-0.3, -0.25) is 4.57 Å². The average Bonchev–Trinajstić information content (AvgIpc) is 0.811. The molecule has 0 aromatic rings. The molecule has 2 N–H and O–H groups in total. The van der Waals surface area contributed by atoms with Crippen LogP contribution < -0.4 is 0 Å². The van der Waals surface area contributed by atoms with E-state index < -0.39 is 8.25 Å². The van der Waals surface area contributed by atoms with Crippen LogP contribution in [0.4, 0.5) is 0 Å². The van der Waals surface area contributed by atoms with Crippen molar-refractivity contribution in [3.63, 3.8) is 0 Å². The second kappa shape index (κ2) is 5.34. The standard InChI is InChI=1S/La.H3O3P/c;1-4(2)3/h;4H,(H2,1,2,3). The van der Waals surface area contributed by atoms with Gasteiger partial charge in [-0.05, 0) is 0 Å². The van der Waals surface area contributed by atoms with Gasteiger partial charge in [0, 0.05) is 35.6 Å². The van der Waals surface area contributed by atoms with E-state index in [0.717, 1.165) is 0 Å². The number of hydrogen-bond acceptors (Lipinski definition) is 1. The van der Waals surface area contributed by atoms with Gasteiger partial charge in [0.2, 0.25) is 0 Å². The van der Waals surface area contributed by atoms with Crippen molar-refractivity contribution in [1.29, 1.82) is 0 Å². The van der Waals surface area contributed by atoms with Gasteiger partial charge in [0.05, 0.1) is 0 Å². The molecule has 0 aliphatic heterocycles. The minimum Gasteiger partial charge on any atom is -0.326 e. The molecule has 0 heterocycles. The first-order valence-corrected chi connectivity index (χ1v) is 1.95. The normalized spacial score (nSPS) is 7.00. The fourth-order valence-corrected chi connectivity index (χ4v) is 0. The van der Waals surface area contributed by atoms with Crippen LogP contribution >= 0.6 is 8.25 Å². The van der Waals surface area contributed by atoms with Gasteiger partial charge in [-0.25, -0.2) is 0 Å². The van der Waals surface area contributed by atoms with Gasteiger partial charge < -0.3 is 9.79 Å². The summed E-state index contributed by atoms with van der Waals surface area (Å²) < 4.78 is 8.74. The largest absolute Gasteiger partial charge is 0.326 e. The van der Waals surface area contributed by atoms with E-state index in [4.69, 9.17) is 14.4 Å². The Morgan fingerprint density at radius 1 is 1.40 bits per heavy atom. The van der Waals surface area contributed by atoms with Crippen molar-refractivity contribution in [3.05, 3.63) is 0 Å². The zero-order valence-corrected chi connectivity index (χ0v) is 7.01. The molecule has 0 amide bonds. The van der Waals surface area contributed by atoms with Crippen LogP contribution in [0.15, 0.2) is 0 Å². The molecule has 1 radical (unpaired) electrons. The third-order valence-electron chi connectivity index (χ3n) is 0. The second-order valence-corrected chi connectivity index (χ2v) is 0.848. The monoisotopic (exact) mass is 221 g/mol. The van der Waals surface area contributed by atoms with E-state index in [2.05, 4.69) is 0 Å². The molecule has 3 nitrogen and oxygen atoms in total. The van der Waals surface area contributed by atoms with Gasteiger partial charge in [0.15, 0.2) is 0 Å². The number of rotatable bonds is 0. The Bertz CT molecular complexity index is 29.9. The van der Waals surface area contributed by atoms with Crippen molar-refractivity contribution in [2.24, 2.45) is 0 Å². The molecule has 0 saturated carbocycles. The molecule has 0 unspecified atom stereocenters. The van der Waals surface area contributed by atoms with Crippen LogP contribution in [-0.2, 0) is 4.57 Å². The van der Waals surface area contributed by atoms with Crippen LogP contribution in [0, 0.1) is 35.6 Å². The van der Waals surface area contributed by atoms with E-state index in [1.54, 1.807) is 0 Å². The van der Waals surface area contributed by atoms with E-state index in [1.807, 2.05) is 0 Å². The van der Waals surface area contributed by atoms with Crippen molar-refractivity contribution < 1.29 is 50.0 Å². The molecule has 0 aliphatic carbocycles. The maximum atomic E-state index is 8.74. The third kappa shape index (κ3) is 33.1. The molecule has 0 spiro atoms. The zero-order chi connectivity index (χ0) is 3.58. The minimum atomic E-state index is -3.13. The van der Waals surface area contributed by atoms with Crippen LogP contribution in [0.1, 0.15) is 0 Å². The SMILES string of the molecule is O=[PH](O)O.[La]. The summed E-state index contributed by atoms with van der Waals surface area (Å²) >= 11 is 0. The quantitative estimate of drug-likeness (QED) is 0.535. The predicted octanol–water partition coefficient (Wildman–Crippen LogP) is -0.639. The minimum absolute atomic E-state index is 0. The predicted molar refractivity (Wildman–Crippen MR) is 13.4 cm³/mol. The van der Waals surface area contributed by atoms with Crippen molar-refractivity contribution in [1.82, 2.24) is 0 Å². The summed E-state index contributed by atoms with van der Waals surface area (Å²) in [6, 6.07) is 0. The Balaban J connectivity index is 0. The van der Waals surface area contributed by atoms with E-state index in [-0.39, 0.29) is 35.6 Å². The van der Waals surface area contributed by atoms with Crippen molar-refractivity contribution in [3.8, 4) is 0 Å². The van der Waals surface area contributed by atoms with Gasteiger partial charge >= 0.3 is 8.25 Å². The Labute approximate surface area is 57.9 Å². The molecule has 0 bridgehead atoms. The summed E-state index contributed by atoms with van der Waals surface area (Å²) in [5, 5.41) is 0. The molecule has 0 fully saturated rings. The molecule has 0 saturated heterocycles. The van der Waals surface area contributed by atoms with E-state index in [9.17, 15) is 0 Å². The van der Waals surface area contributed by atoms with E-state index in [0.29, 0.717) is 0 Å². The van der Waals surface area contributed by atoms with E-state index >= 15 is 0 Å². The van der Waals surface area contributed by atoms with Crippen molar-refractivity contribution >= 4 is 8.25 Å². The maximum absolute atomic E-state index is 8.74. The summed E-state index contributed by atoms with van der Waals surface area (Å²) in [5.74, 6) is 0. The second-order valence-electron chi connectivity index (χ2n) is 0.283. The van der Waals surface area contributed by atoms with Crippen LogP contribution in [0.3, 0.4) is 0 Å². The Hall–Kier alpha value is 1.34. The number of hydrogen-bond donors (Lipinski definition) is 2. The van der Waals surface area contributed by atoms with Gasteiger partial charge in [-0.2, -0.15) is 0 Å². The van der Waals surface area contributed by atoms with Gasteiger partial charge in [0.25, 0.3) is 0 Å². The fourth-order valence-electron chi connectivity index (χ4n) is 0. The van der Waals surface area contributed by atoms with Crippen LogP contribution in [0.25, 0.3) is 0 Å². The molecule has 0 atom stereocenters. The molecule has 29 valence electrons. The third-order valence-corrected chi connectivity index (χ3v) is 0. The molecule has 5 heavy (non-hydrogen) atoms. The first-order chi connectivity index (χ1) is 1.73. The van der Waals surface area contributed by atoms with Crippen LogP contribution in [-0.4, -0.2) is 9.79 Å². The van der Waals surface area contributed by atoms with Crippen molar-refractivity contribution in [2.75, 3.05) is 0 Å². The van der Waals surface area contributed by atoms with Crippen LogP contribution in [0.2, 0.25) is 0 Å². The molecule has 0 aliphatic rings. The fraction of sp³-hybridized carbons (Fsp3) is 0. The van der Waals surface area contributed by atoms with Gasteiger partial charge in [0.1, 0.15) is 0 Å². The molecule has 0 rings (SSSR count). The molecule has 0 aromatic carbocycles. The summed E-state index contributed by atoms with van der Waals surface area (Å²) in [6.07, 6.45) is 0. The maximum Gasteiger partial charge on any atom is 0.314 e. The van der Waals surface area contributed by atoms with Gasteiger partial charge in [-0.1, -0.05) is 0 Å². The van der Waals surface area contributed by atoms with Crippen molar-refractivity contribution in [2.45, 2.75) is 0 Å². The van der Waals surface area contributed by atoms with Gasteiger partial charge in [-0.15, -0.1) is 0 Å². The Morgan fingerprint density at radius 3 is 1.40 bits per heavy atom. The smallest absolute Gasteiger partial charge is 0.314 e. The molecule has 0 aromatic heterocycles. The summed E-state index contributed by atoms with van der Waals surface area (Å²) in [5.41, 5.74) is 0. The molecular weight excluding hydrogens is 218 g/mol. The Morgan fingerprint density at radius 2 is 1.40 bits per heavy atom. The average molecular weight is 221 g/mol. The topological polar surface area (TPSA) is 57.5 Å². The Kier molecular flexibility index (Phi) is 10.3. The van der Waals surface area contributed by atoms with Crippen LogP contribution in [0.5, 0.6) is 0 Å². The summed E-state index contributed by atoms with van der Waals surface area (Å²) in [7, 11) is -3.13.